The minimum Gasteiger partial charge on any atom is -0.355 e. The molecule has 0 unspecified atom stereocenters. The van der Waals surface area contributed by atoms with Crippen molar-refractivity contribution in [1.29, 1.82) is 0 Å². The van der Waals surface area contributed by atoms with Gasteiger partial charge in [0.25, 0.3) is 5.91 Å². The van der Waals surface area contributed by atoms with E-state index in [-0.39, 0.29) is 17.8 Å². The van der Waals surface area contributed by atoms with Gasteiger partial charge in [-0.25, -0.2) is 4.98 Å². The van der Waals surface area contributed by atoms with Gasteiger partial charge < -0.3 is 10.2 Å². The van der Waals surface area contributed by atoms with E-state index < -0.39 is 0 Å². The second kappa shape index (κ2) is 6.44. The fourth-order valence-corrected chi connectivity index (χ4v) is 3.55. The summed E-state index contributed by atoms with van der Waals surface area (Å²) in [7, 11) is 0. The monoisotopic (exact) mass is 343 g/mol. The van der Waals surface area contributed by atoms with E-state index in [0.717, 1.165) is 37.4 Å². The molecule has 1 aliphatic heterocycles. The molecular formula is C15H17N7OS. The van der Waals surface area contributed by atoms with Gasteiger partial charge in [0.05, 0.1) is 10.6 Å². The first kappa shape index (κ1) is 14.9. The molecule has 3 aromatic rings. The summed E-state index contributed by atoms with van der Waals surface area (Å²) in [4.78, 5) is 19.3. The molecule has 1 saturated heterocycles. The second-order valence-electron chi connectivity index (χ2n) is 5.69. The van der Waals surface area contributed by atoms with Gasteiger partial charge in [0.2, 0.25) is 5.82 Å². The third-order valence-electron chi connectivity index (χ3n) is 4.14. The van der Waals surface area contributed by atoms with Gasteiger partial charge in [0, 0.05) is 25.2 Å². The van der Waals surface area contributed by atoms with Crippen LogP contribution in [0.5, 0.6) is 0 Å². The molecule has 4 heterocycles. The normalized spacial score (nSPS) is 15.6. The lowest BCUT2D eigenvalue weighted by molar-refractivity contribution is 0.0921. The largest absolute Gasteiger partial charge is 0.355 e. The Hall–Kier alpha value is -2.68. The van der Waals surface area contributed by atoms with Crippen LogP contribution in [0.25, 0.3) is 10.6 Å². The van der Waals surface area contributed by atoms with Gasteiger partial charge in [0.1, 0.15) is 6.33 Å². The summed E-state index contributed by atoms with van der Waals surface area (Å²) in [5.41, 5.74) is 1.04. The lowest BCUT2D eigenvalue weighted by Gasteiger charge is -2.32. The number of carbonyl (C=O) groups excluding carboxylic acids is 1. The van der Waals surface area contributed by atoms with Crippen LogP contribution in [0.4, 0.5) is 5.82 Å². The van der Waals surface area contributed by atoms with Gasteiger partial charge in [-0.3, -0.25) is 15.0 Å². The second-order valence-corrected chi connectivity index (χ2v) is 6.63. The molecule has 124 valence electrons. The zero-order chi connectivity index (χ0) is 16.4. The molecule has 8 nitrogen and oxygen atoms in total. The molecule has 4 rings (SSSR count). The summed E-state index contributed by atoms with van der Waals surface area (Å²) in [6.07, 6.45) is 3.09. The van der Waals surface area contributed by atoms with Gasteiger partial charge in [-0.15, -0.1) is 11.3 Å². The number of H-pyrrole nitrogens is 2. The van der Waals surface area contributed by atoms with Crippen molar-refractivity contribution in [3.05, 3.63) is 35.7 Å². The molecule has 0 atom stereocenters. The van der Waals surface area contributed by atoms with Crippen molar-refractivity contribution in [2.24, 2.45) is 0 Å². The number of piperidine rings is 1. The average Bonchev–Trinajstić information content (AvgIpc) is 3.35. The lowest BCUT2D eigenvalue weighted by Crippen LogP contribution is -2.45. The third kappa shape index (κ3) is 3.02. The SMILES string of the molecule is O=C(NC1CCN(c2cc(-c3cccs3)[nH]n2)CC1)c1ncn[nH]1. The number of anilines is 1. The number of aromatic amines is 2. The molecule has 1 fully saturated rings. The molecule has 3 aromatic heterocycles. The molecular weight excluding hydrogens is 326 g/mol. The zero-order valence-electron chi connectivity index (χ0n) is 12.9. The van der Waals surface area contributed by atoms with Crippen molar-refractivity contribution in [1.82, 2.24) is 30.7 Å². The van der Waals surface area contributed by atoms with Gasteiger partial charge in [-0.05, 0) is 24.3 Å². The van der Waals surface area contributed by atoms with Crippen LogP contribution >= 0.6 is 11.3 Å². The Morgan fingerprint density at radius 1 is 1.33 bits per heavy atom. The van der Waals surface area contributed by atoms with Crippen LogP contribution in [-0.4, -0.2) is 50.4 Å². The van der Waals surface area contributed by atoms with Crippen molar-refractivity contribution < 1.29 is 4.79 Å². The number of carbonyl (C=O) groups is 1. The van der Waals surface area contributed by atoms with Crippen LogP contribution in [0, 0.1) is 0 Å². The van der Waals surface area contributed by atoms with Gasteiger partial charge >= 0.3 is 0 Å². The first-order chi connectivity index (χ1) is 11.8. The van der Waals surface area contributed by atoms with E-state index in [4.69, 9.17) is 0 Å². The topological polar surface area (TPSA) is 103 Å². The van der Waals surface area contributed by atoms with Crippen LogP contribution < -0.4 is 10.2 Å². The molecule has 3 N–H and O–H groups in total. The van der Waals surface area contributed by atoms with Gasteiger partial charge in [0.15, 0.2) is 5.82 Å². The predicted molar refractivity (Wildman–Crippen MR) is 91.0 cm³/mol. The highest BCUT2D eigenvalue weighted by molar-refractivity contribution is 7.13. The van der Waals surface area contributed by atoms with Crippen molar-refractivity contribution in [2.45, 2.75) is 18.9 Å². The molecule has 0 aliphatic carbocycles. The number of nitrogens with zero attached hydrogens (tertiary/aromatic N) is 4. The van der Waals surface area contributed by atoms with E-state index in [1.54, 1.807) is 11.3 Å². The van der Waals surface area contributed by atoms with Crippen LogP contribution in [0.15, 0.2) is 29.9 Å². The highest BCUT2D eigenvalue weighted by Crippen LogP contribution is 2.27. The summed E-state index contributed by atoms with van der Waals surface area (Å²) in [6, 6.07) is 6.34. The number of hydrogen-bond acceptors (Lipinski definition) is 6. The van der Waals surface area contributed by atoms with Crippen molar-refractivity contribution in [3.8, 4) is 10.6 Å². The van der Waals surface area contributed by atoms with Crippen LogP contribution in [-0.2, 0) is 0 Å². The molecule has 0 spiro atoms. The number of rotatable bonds is 4. The van der Waals surface area contributed by atoms with E-state index in [0.29, 0.717) is 0 Å². The molecule has 0 radical (unpaired) electrons. The fraction of sp³-hybridized carbons (Fsp3) is 0.333. The maximum atomic E-state index is 12.0. The highest BCUT2D eigenvalue weighted by Gasteiger charge is 2.23. The molecule has 0 bridgehead atoms. The molecule has 24 heavy (non-hydrogen) atoms. The summed E-state index contributed by atoms with van der Waals surface area (Å²) in [5.74, 6) is 1.01. The summed E-state index contributed by atoms with van der Waals surface area (Å²) < 4.78 is 0. The van der Waals surface area contributed by atoms with Gasteiger partial charge in [-0.2, -0.15) is 10.2 Å². The Balaban J connectivity index is 1.34. The van der Waals surface area contributed by atoms with E-state index in [1.165, 1.54) is 11.2 Å². The van der Waals surface area contributed by atoms with E-state index in [2.05, 4.69) is 53.1 Å². The maximum absolute atomic E-state index is 12.0. The summed E-state index contributed by atoms with van der Waals surface area (Å²) >= 11 is 1.69. The Morgan fingerprint density at radius 3 is 2.92 bits per heavy atom. The number of aromatic nitrogens is 5. The van der Waals surface area contributed by atoms with Crippen LogP contribution in [0.1, 0.15) is 23.5 Å². The quantitative estimate of drug-likeness (QED) is 0.668. The molecule has 9 heteroatoms. The first-order valence-electron chi connectivity index (χ1n) is 7.80. The zero-order valence-corrected chi connectivity index (χ0v) is 13.7. The number of amides is 1. The standard InChI is InChI=1S/C15H17N7OS/c23-15(14-16-9-17-21-14)18-10-3-5-22(6-4-10)13-8-11(19-20-13)12-2-1-7-24-12/h1-2,7-10H,3-6H2,(H,18,23)(H,19,20)(H,16,17,21). The average molecular weight is 343 g/mol. The predicted octanol–water partition coefficient (Wildman–Crippen LogP) is 1.66. The minimum absolute atomic E-state index is 0.148. The van der Waals surface area contributed by atoms with Crippen LogP contribution in [0.3, 0.4) is 0 Å². The fourth-order valence-electron chi connectivity index (χ4n) is 2.85. The van der Waals surface area contributed by atoms with Crippen molar-refractivity contribution in [3.63, 3.8) is 0 Å². The smallest absolute Gasteiger partial charge is 0.288 e. The van der Waals surface area contributed by atoms with Crippen molar-refractivity contribution in [2.75, 3.05) is 18.0 Å². The summed E-state index contributed by atoms with van der Waals surface area (Å²) in [6.45, 7) is 1.71. The molecule has 0 aromatic carbocycles. The van der Waals surface area contributed by atoms with E-state index >= 15 is 0 Å². The Bertz CT molecular complexity index is 788. The Morgan fingerprint density at radius 2 is 2.21 bits per heavy atom. The maximum Gasteiger partial charge on any atom is 0.288 e. The third-order valence-corrected chi connectivity index (χ3v) is 5.04. The van der Waals surface area contributed by atoms with Crippen LogP contribution in [0.2, 0.25) is 0 Å². The first-order valence-corrected chi connectivity index (χ1v) is 8.68. The van der Waals surface area contributed by atoms with Gasteiger partial charge in [-0.1, -0.05) is 6.07 Å². The van der Waals surface area contributed by atoms with E-state index in [9.17, 15) is 4.79 Å². The Labute approximate surface area is 142 Å². The number of hydrogen-bond donors (Lipinski definition) is 3. The highest BCUT2D eigenvalue weighted by atomic mass is 32.1. The number of nitrogens with one attached hydrogen (secondary N) is 3. The Kier molecular flexibility index (Phi) is 3.99. The van der Waals surface area contributed by atoms with Crippen molar-refractivity contribution >= 4 is 23.1 Å². The number of thiophene rings is 1. The van der Waals surface area contributed by atoms with E-state index in [1.807, 2.05) is 6.07 Å². The summed E-state index contributed by atoms with van der Waals surface area (Å²) in [5, 5.41) is 18.8. The molecule has 1 amide bonds. The molecule has 1 aliphatic rings. The lowest BCUT2D eigenvalue weighted by atomic mass is 10.0. The minimum atomic E-state index is -0.203. The molecule has 0 saturated carbocycles.